The van der Waals surface area contributed by atoms with Gasteiger partial charge in [-0.05, 0) is 56.4 Å². The van der Waals surface area contributed by atoms with Crippen molar-refractivity contribution in [3.8, 4) is 5.88 Å². The second-order valence-electron chi connectivity index (χ2n) is 10.6. The van der Waals surface area contributed by atoms with Crippen LogP contribution in [0.3, 0.4) is 0 Å². The average Bonchev–Trinajstić information content (AvgIpc) is 3.36. The number of hydrogen-bond acceptors (Lipinski definition) is 7. The summed E-state index contributed by atoms with van der Waals surface area (Å²) in [5, 5.41) is 16.6. The maximum atomic E-state index is 13.0. The molecule has 3 N–H and O–H groups in total. The molecular formula is C29H37F3N4O5. The number of carbonyl (C=O) groups excluding carboxylic acids is 2. The number of amides is 2. The number of pyridine rings is 1. The van der Waals surface area contributed by atoms with Crippen molar-refractivity contribution < 1.29 is 37.3 Å². The van der Waals surface area contributed by atoms with E-state index >= 15 is 0 Å². The van der Waals surface area contributed by atoms with Crippen LogP contribution in [0.15, 0.2) is 42.5 Å². The first-order valence-electron chi connectivity index (χ1n) is 13.9. The van der Waals surface area contributed by atoms with Crippen molar-refractivity contribution >= 4 is 11.8 Å². The van der Waals surface area contributed by atoms with Crippen LogP contribution >= 0.6 is 0 Å². The molecule has 1 saturated heterocycles. The van der Waals surface area contributed by atoms with Crippen molar-refractivity contribution in [2.75, 3.05) is 33.4 Å². The lowest BCUT2D eigenvalue weighted by Crippen LogP contribution is -2.48. The van der Waals surface area contributed by atoms with Crippen molar-refractivity contribution in [1.82, 2.24) is 20.5 Å². The largest absolute Gasteiger partial charge is 0.481 e. The third kappa shape index (κ3) is 7.75. The van der Waals surface area contributed by atoms with Gasteiger partial charge in [0, 0.05) is 37.4 Å². The Kier molecular flexibility index (Phi) is 9.88. The fourth-order valence-corrected chi connectivity index (χ4v) is 5.52. The highest BCUT2D eigenvalue weighted by Gasteiger charge is 2.42. The topological polar surface area (TPSA) is 113 Å². The van der Waals surface area contributed by atoms with Crippen LogP contribution in [0, 0.1) is 0 Å². The van der Waals surface area contributed by atoms with Crippen molar-refractivity contribution in [1.29, 1.82) is 0 Å². The number of aliphatic hydroxyl groups is 1. The van der Waals surface area contributed by atoms with Gasteiger partial charge in [0.2, 0.25) is 11.8 Å². The van der Waals surface area contributed by atoms with E-state index in [4.69, 9.17) is 9.47 Å². The molecule has 0 bridgehead atoms. The molecule has 1 aliphatic heterocycles. The van der Waals surface area contributed by atoms with Gasteiger partial charge in [-0.15, -0.1) is 0 Å². The van der Waals surface area contributed by atoms with Gasteiger partial charge in [0.1, 0.15) is 5.60 Å². The lowest BCUT2D eigenvalue weighted by molar-refractivity contribution is -0.137. The highest BCUT2D eigenvalue weighted by molar-refractivity contribution is 5.96. The number of hydrogen-bond donors (Lipinski definition) is 3. The Balaban J connectivity index is 1.32. The van der Waals surface area contributed by atoms with Crippen molar-refractivity contribution in [2.45, 2.75) is 69.0 Å². The Hall–Kier alpha value is -3.22. The van der Waals surface area contributed by atoms with E-state index in [0.29, 0.717) is 44.1 Å². The zero-order chi connectivity index (χ0) is 29.6. The number of nitrogens with zero attached hydrogens (tertiary/aromatic N) is 2. The molecule has 224 valence electrons. The molecule has 9 nitrogen and oxygen atoms in total. The SMILES string of the molecule is CCCOC1CN(C2CCC(O)(c3cccc(OC)n3)CC2)CC1NC(=O)CNC(=O)c1cccc(C(F)(F)F)c1. The van der Waals surface area contributed by atoms with Crippen LogP contribution in [0.4, 0.5) is 13.2 Å². The molecule has 41 heavy (non-hydrogen) atoms. The second kappa shape index (κ2) is 13.2. The molecule has 2 heterocycles. The zero-order valence-electron chi connectivity index (χ0n) is 23.2. The smallest absolute Gasteiger partial charge is 0.416 e. The molecule has 2 aromatic rings. The minimum absolute atomic E-state index is 0.176. The van der Waals surface area contributed by atoms with Gasteiger partial charge in [-0.1, -0.05) is 19.1 Å². The fourth-order valence-electron chi connectivity index (χ4n) is 5.52. The number of methoxy groups -OCH3 is 1. The third-order valence-corrected chi connectivity index (χ3v) is 7.75. The van der Waals surface area contributed by atoms with E-state index in [1.807, 2.05) is 19.1 Å². The molecule has 1 aliphatic carbocycles. The molecule has 1 aromatic carbocycles. The number of alkyl halides is 3. The van der Waals surface area contributed by atoms with Gasteiger partial charge < -0.3 is 25.2 Å². The lowest BCUT2D eigenvalue weighted by atomic mass is 9.79. The number of carbonyl (C=O) groups is 2. The van der Waals surface area contributed by atoms with Crippen LogP contribution < -0.4 is 15.4 Å². The first kappa shape index (κ1) is 30.7. The van der Waals surface area contributed by atoms with Gasteiger partial charge in [-0.25, -0.2) is 4.98 Å². The molecule has 2 fully saturated rings. The van der Waals surface area contributed by atoms with Gasteiger partial charge in [-0.3, -0.25) is 14.5 Å². The van der Waals surface area contributed by atoms with E-state index in [1.54, 1.807) is 6.07 Å². The Labute approximate surface area is 237 Å². The predicted molar refractivity (Wildman–Crippen MR) is 144 cm³/mol. The fraction of sp³-hybridized carbons (Fsp3) is 0.552. The number of rotatable bonds is 10. The molecule has 2 atom stereocenters. The van der Waals surface area contributed by atoms with Crippen LogP contribution in [-0.4, -0.2) is 78.3 Å². The van der Waals surface area contributed by atoms with E-state index in [-0.39, 0.29) is 30.3 Å². The first-order valence-corrected chi connectivity index (χ1v) is 13.9. The number of ether oxygens (including phenoxy) is 2. The molecule has 1 saturated carbocycles. The van der Waals surface area contributed by atoms with Crippen molar-refractivity contribution in [2.24, 2.45) is 0 Å². The summed E-state index contributed by atoms with van der Waals surface area (Å²) in [6.07, 6.45) is -1.46. The maximum absolute atomic E-state index is 13.0. The summed E-state index contributed by atoms with van der Waals surface area (Å²) < 4.78 is 50.2. The number of benzene rings is 1. The van der Waals surface area contributed by atoms with Gasteiger partial charge in [0.05, 0.1) is 37.1 Å². The minimum atomic E-state index is -4.57. The van der Waals surface area contributed by atoms with Crippen LogP contribution in [0.25, 0.3) is 0 Å². The summed E-state index contributed by atoms with van der Waals surface area (Å²) in [6, 6.07) is 9.30. The predicted octanol–water partition coefficient (Wildman–Crippen LogP) is 3.26. The summed E-state index contributed by atoms with van der Waals surface area (Å²) >= 11 is 0. The maximum Gasteiger partial charge on any atom is 0.416 e. The quantitative estimate of drug-likeness (QED) is 0.397. The van der Waals surface area contributed by atoms with E-state index in [0.717, 1.165) is 37.5 Å². The Morgan fingerprint density at radius 1 is 1.15 bits per heavy atom. The lowest BCUT2D eigenvalue weighted by Gasteiger charge is -2.39. The monoisotopic (exact) mass is 578 g/mol. The summed E-state index contributed by atoms with van der Waals surface area (Å²) in [4.78, 5) is 31.8. The van der Waals surface area contributed by atoms with Crippen molar-refractivity contribution in [3.63, 3.8) is 0 Å². The van der Waals surface area contributed by atoms with E-state index in [2.05, 4.69) is 20.5 Å². The summed E-state index contributed by atoms with van der Waals surface area (Å²) in [5.74, 6) is -0.763. The Morgan fingerprint density at radius 3 is 2.56 bits per heavy atom. The molecule has 12 heteroatoms. The van der Waals surface area contributed by atoms with Crippen LogP contribution in [-0.2, 0) is 21.3 Å². The number of nitrogens with one attached hydrogen (secondary N) is 2. The highest BCUT2D eigenvalue weighted by Crippen LogP contribution is 2.39. The van der Waals surface area contributed by atoms with Crippen LogP contribution in [0.2, 0.25) is 0 Å². The first-order chi connectivity index (χ1) is 19.5. The zero-order valence-corrected chi connectivity index (χ0v) is 23.2. The molecule has 2 aliphatic rings. The van der Waals surface area contributed by atoms with Gasteiger partial charge in [0.15, 0.2) is 0 Å². The number of aromatic nitrogens is 1. The van der Waals surface area contributed by atoms with Gasteiger partial charge >= 0.3 is 6.18 Å². The van der Waals surface area contributed by atoms with Gasteiger partial charge in [0.25, 0.3) is 5.91 Å². The highest BCUT2D eigenvalue weighted by atomic mass is 19.4. The molecule has 0 radical (unpaired) electrons. The van der Waals surface area contributed by atoms with Gasteiger partial charge in [-0.2, -0.15) is 13.2 Å². The van der Waals surface area contributed by atoms with Crippen molar-refractivity contribution in [3.05, 3.63) is 59.3 Å². The summed E-state index contributed by atoms with van der Waals surface area (Å²) in [6.45, 7) is 3.31. The molecule has 2 unspecified atom stereocenters. The second-order valence-corrected chi connectivity index (χ2v) is 10.6. The van der Waals surface area contributed by atoms with E-state index < -0.39 is 29.2 Å². The van der Waals surface area contributed by atoms with E-state index in [9.17, 15) is 27.9 Å². The molecule has 2 amide bonds. The van der Waals surface area contributed by atoms with Crippen LogP contribution in [0.1, 0.15) is 60.6 Å². The van der Waals surface area contributed by atoms with Crippen LogP contribution in [0.5, 0.6) is 5.88 Å². The minimum Gasteiger partial charge on any atom is -0.481 e. The molecule has 0 spiro atoms. The Morgan fingerprint density at radius 2 is 1.88 bits per heavy atom. The Bertz CT molecular complexity index is 1200. The molecule has 4 rings (SSSR count). The summed E-state index contributed by atoms with van der Waals surface area (Å²) in [5.41, 5.74) is -1.55. The normalized spacial score (nSPS) is 25.1. The van der Waals surface area contributed by atoms with E-state index in [1.165, 1.54) is 13.2 Å². The molecular weight excluding hydrogens is 541 g/mol. The molecule has 1 aromatic heterocycles. The average molecular weight is 579 g/mol. The number of likely N-dealkylation sites (tertiary alicyclic amines) is 1. The number of halogens is 3. The summed E-state index contributed by atoms with van der Waals surface area (Å²) in [7, 11) is 1.54. The third-order valence-electron chi connectivity index (χ3n) is 7.75. The standard InChI is InChI=1S/C29H37F3N4O5/c1-3-14-41-23-18-36(21-10-12-28(39,13-11-21)24-8-5-9-26(35-24)40-2)17-22(23)34-25(37)16-33-27(38)19-6-4-7-20(15-19)29(30,31)32/h4-9,15,21-23,39H,3,10-14,16-18H2,1-2H3,(H,33,38)(H,34,37).